The van der Waals surface area contributed by atoms with Gasteiger partial charge in [0.05, 0.1) is 23.7 Å². The van der Waals surface area contributed by atoms with Gasteiger partial charge >= 0.3 is 0 Å². The van der Waals surface area contributed by atoms with E-state index in [1.165, 1.54) is 24.8 Å². The van der Waals surface area contributed by atoms with Gasteiger partial charge in [0, 0.05) is 29.6 Å². The lowest BCUT2D eigenvalue weighted by atomic mass is 9.82. The fourth-order valence-electron chi connectivity index (χ4n) is 5.30. The Balaban J connectivity index is 1.70. The molecule has 0 atom stereocenters. The number of carbonyl (C=O) groups is 2. The largest absolute Gasteiger partial charge is 0.472 e. The van der Waals surface area contributed by atoms with Gasteiger partial charge in [-0.3, -0.25) is 9.59 Å². The van der Waals surface area contributed by atoms with E-state index < -0.39 is 0 Å². The van der Waals surface area contributed by atoms with Crippen LogP contribution in [0.4, 0.5) is 0 Å². The lowest BCUT2D eigenvalue weighted by Gasteiger charge is -2.23. The lowest BCUT2D eigenvalue weighted by molar-refractivity contribution is -0.121. The van der Waals surface area contributed by atoms with Crippen molar-refractivity contribution in [1.29, 1.82) is 0 Å². The zero-order valence-electron chi connectivity index (χ0n) is 18.9. The monoisotopic (exact) mass is 445 g/mol. The molecule has 3 aromatic rings. The minimum absolute atomic E-state index is 0.0232. The summed E-state index contributed by atoms with van der Waals surface area (Å²) in [6.07, 6.45) is 15.1. The molecule has 2 aliphatic rings. The summed E-state index contributed by atoms with van der Waals surface area (Å²) in [5.74, 6) is 0.331. The molecule has 0 radical (unpaired) electrons. The molecule has 2 N–H and O–H groups in total. The van der Waals surface area contributed by atoms with Crippen molar-refractivity contribution in [3.63, 3.8) is 0 Å². The van der Waals surface area contributed by atoms with Crippen molar-refractivity contribution in [3.05, 3.63) is 60.1 Å². The van der Waals surface area contributed by atoms with Gasteiger partial charge in [-0.1, -0.05) is 37.5 Å². The van der Waals surface area contributed by atoms with Gasteiger partial charge in [-0.15, -0.1) is 0 Å². The molecular formula is C27H31N3O3. The van der Waals surface area contributed by atoms with E-state index in [-0.39, 0.29) is 18.4 Å². The first kappa shape index (κ1) is 21.6. The molecule has 172 valence electrons. The second-order valence-corrected chi connectivity index (χ2v) is 9.08. The van der Waals surface area contributed by atoms with Crippen molar-refractivity contribution in [3.8, 4) is 11.3 Å². The Kier molecular flexibility index (Phi) is 6.33. The van der Waals surface area contributed by atoms with Crippen LogP contribution in [0.2, 0.25) is 0 Å². The smallest absolute Gasteiger partial charge is 0.251 e. The zero-order valence-corrected chi connectivity index (χ0v) is 18.9. The number of amides is 2. The molecular weight excluding hydrogens is 414 g/mol. The van der Waals surface area contributed by atoms with Gasteiger partial charge in [0.25, 0.3) is 5.91 Å². The van der Waals surface area contributed by atoms with Crippen LogP contribution in [-0.4, -0.2) is 29.5 Å². The second-order valence-electron chi connectivity index (χ2n) is 9.08. The van der Waals surface area contributed by atoms with Crippen molar-refractivity contribution < 1.29 is 14.0 Å². The summed E-state index contributed by atoms with van der Waals surface area (Å²) >= 11 is 0. The summed E-state index contributed by atoms with van der Waals surface area (Å²) < 4.78 is 7.55. The van der Waals surface area contributed by atoms with E-state index in [1.807, 2.05) is 24.3 Å². The van der Waals surface area contributed by atoms with Gasteiger partial charge < -0.3 is 19.6 Å². The molecule has 1 aromatic carbocycles. The number of nitrogens with zero attached hydrogens (tertiary/aromatic N) is 1. The van der Waals surface area contributed by atoms with Crippen molar-refractivity contribution >= 4 is 22.7 Å². The molecule has 0 unspecified atom stereocenters. The highest BCUT2D eigenvalue weighted by Gasteiger charge is 2.28. The first-order valence-corrected chi connectivity index (χ1v) is 12.1. The third-order valence-corrected chi connectivity index (χ3v) is 6.87. The van der Waals surface area contributed by atoms with Crippen molar-refractivity contribution in [1.82, 2.24) is 15.2 Å². The standard InChI is InChI=1S/C27H31N3O3/c31-24-17-30-23-16-20(27(32)29-14-7-2-1-6-13-28-24)10-11-22(23)25(19-8-4-3-5-9-19)26(30)21-12-15-33-18-21/h1-2,10-12,15-16,18-19H,3-9,13-14,17H2,(H,28,31)(H,29,32)/b2-1+. The predicted octanol–water partition coefficient (Wildman–Crippen LogP) is 5.15. The number of hydrogen-bond acceptors (Lipinski definition) is 3. The fraction of sp³-hybridized carbons (Fsp3) is 0.407. The number of furan rings is 1. The average Bonchev–Trinajstić information content (AvgIpc) is 3.47. The number of aromatic nitrogens is 1. The SMILES string of the molecule is O=C1Cn2c(-c3ccoc3)c(C3CCCCC3)c3ccc(cc32)C(=O)NCC/C=C/CCN1. The molecule has 1 saturated carbocycles. The van der Waals surface area contributed by atoms with E-state index in [9.17, 15) is 9.59 Å². The molecule has 6 nitrogen and oxygen atoms in total. The molecule has 1 fully saturated rings. The molecule has 2 aromatic heterocycles. The number of rotatable bonds is 2. The van der Waals surface area contributed by atoms with E-state index >= 15 is 0 Å². The summed E-state index contributed by atoms with van der Waals surface area (Å²) in [6.45, 7) is 1.40. The fourth-order valence-corrected chi connectivity index (χ4v) is 5.30. The summed E-state index contributed by atoms with van der Waals surface area (Å²) in [6, 6.07) is 7.91. The van der Waals surface area contributed by atoms with E-state index in [2.05, 4.69) is 27.3 Å². The first-order chi connectivity index (χ1) is 16.2. The molecule has 0 spiro atoms. The van der Waals surface area contributed by atoms with E-state index in [0.29, 0.717) is 24.6 Å². The Labute approximate surface area is 194 Å². The van der Waals surface area contributed by atoms with E-state index in [0.717, 1.165) is 47.8 Å². The van der Waals surface area contributed by atoms with Crippen LogP contribution in [0, 0.1) is 0 Å². The highest BCUT2D eigenvalue weighted by atomic mass is 16.3. The average molecular weight is 446 g/mol. The summed E-state index contributed by atoms with van der Waals surface area (Å²) in [7, 11) is 0. The minimum Gasteiger partial charge on any atom is -0.472 e. The number of nitrogens with one attached hydrogen (secondary N) is 2. The van der Waals surface area contributed by atoms with Gasteiger partial charge in [-0.2, -0.15) is 0 Å². The first-order valence-electron chi connectivity index (χ1n) is 12.1. The topological polar surface area (TPSA) is 76.3 Å². The van der Waals surface area contributed by atoms with E-state index in [1.54, 1.807) is 12.5 Å². The molecule has 1 aliphatic heterocycles. The van der Waals surface area contributed by atoms with Crippen molar-refractivity contribution in [2.45, 2.75) is 57.4 Å². The van der Waals surface area contributed by atoms with Crippen LogP contribution in [0.5, 0.6) is 0 Å². The number of fused-ring (bicyclic) bond motifs is 1. The number of carbonyl (C=O) groups excluding carboxylic acids is 2. The Morgan fingerprint density at radius 2 is 1.70 bits per heavy atom. The van der Waals surface area contributed by atoms with Gasteiger partial charge in [0.1, 0.15) is 6.54 Å². The van der Waals surface area contributed by atoms with Crippen molar-refractivity contribution in [2.75, 3.05) is 13.1 Å². The minimum atomic E-state index is -0.0820. The predicted molar refractivity (Wildman–Crippen MR) is 129 cm³/mol. The van der Waals surface area contributed by atoms with Crippen LogP contribution in [0.1, 0.15) is 66.8 Å². The maximum Gasteiger partial charge on any atom is 0.251 e. The Bertz CT molecular complexity index is 1170. The van der Waals surface area contributed by atoms with Crippen LogP contribution in [0.25, 0.3) is 22.2 Å². The maximum absolute atomic E-state index is 13.0. The molecule has 2 amide bonds. The molecule has 1 aliphatic carbocycles. The summed E-state index contributed by atoms with van der Waals surface area (Å²) in [5, 5.41) is 7.21. The van der Waals surface area contributed by atoms with Gasteiger partial charge in [-0.05, 0) is 55.4 Å². The van der Waals surface area contributed by atoms with Crippen molar-refractivity contribution in [2.24, 2.45) is 0 Å². The Hall–Kier alpha value is -3.28. The molecule has 33 heavy (non-hydrogen) atoms. The molecule has 5 rings (SSSR count). The van der Waals surface area contributed by atoms with Crippen LogP contribution in [-0.2, 0) is 11.3 Å². The second kappa shape index (κ2) is 9.69. The molecule has 2 bridgehead atoms. The third-order valence-electron chi connectivity index (χ3n) is 6.87. The van der Waals surface area contributed by atoms with E-state index in [4.69, 9.17) is 4.42 Å². The molecule has 3 heterocycles. The number of hydrogen-bond donors (Lipinski definition) is 2. The van der Waals surface area contributed by atoms with Crippen LogP contribution in [0.3, 0.4) is 0 Å². The normalized spacial score (nSPS) is 19.6. The van der Waals surface area contributed by atoms with Gasteiger partial charge in [0.15, 0.2) is 0 Å². The molecule has 6 heteroatoms. The highest BCUT2D eigenvalue weighted by Crippen LogP contribution is 2.44. The third kappa shape index (κ3) is 4.47. The Morgan fingerprint density at radius 3 is 2.45 bits per heavy atom. The lowest BCUT2D eigenvalue weighted by Crippen LogP contribution is -2.28. The Morgan fingerprint density at radius 1 is 0.909 bits per heavy atom. The maximum atomic E-state index is 13.0. The van der Waals surface area contributed by atoms with Gasteiger partial charge in [0.2, 0.25) is 5.91 Å². The van der Waals surface area contributed by atoms with Crippen LogP contribution >= 0.6 is 0 Å². The van der Waals surface area contributed by atoms with Crippen LogP contribution < -0.4 is 10.6 Å². The summed E-state index contributed by atoms with van der Waals surface area (Å²) in [5.41, 5.74) is 4.86. The summed E-state index contributed by atoms with van der Waals surface area (Å²) in [4.78, 5) is 25.8. The zero-order chi connectivity index (χ0) is 22.6. The molecule has 0 saturated heterocycles. The van der Waals surface area contributed by atoms with Gasteiger partial charge in [-0.25, -0.2) is 0 Å². The van der Waals surface area contributed by atoms with Crippen LogP contribution in [0.15, 0.2) is 53.4 Å². The number of benzene rings is 1. The quantitative estimate of drug-likeness (QED) is 0.536. The highest BCUT2D eigenvalue weighted by molar-refractivity contribution is 6.01.